The number of ketones is 2. The van der Waals surface area contributed by atoms with Gasteiger partial charge in [-0.1, -0.05) is 0 Å². The molecule has 8 N–H and O–H groups in total. The summed E-state index contributed by atoms with van der Waals surface area (Å²) >= 11 is 0. The molecule has 0 aliphatic heterocycles. The highest BCUT2D eigenvalue weighted by Gasteiger charge is 2.30. The van der Waals surface area contributed by atoms with Crippen molar-refractivity contribution in [2.24, 2.45) is 11.5 Å². The fourth-order valence-corrected chi connectivity index (χ4v) is 0.744. The van der Waals surface area contributed by atoms with Gasteiger partial charge in [0.1, 0.15) is 0 Å². The Morgan fingerprint density at radius 1 is 0.944 bits per heavy atom. The largest absolute Gasteiger partial charge is 0.360 e. The maximum Gasteiger partial charge on any atom is 0.261 e. The quantitative estimate of drug-likeness (QED) is 0.0930. The first kappa shape index (κ1) is 17.0. The zero-order valence-corrected chi connectivity index (χ0v) is 9.67. The molecule has 0 saturated carbocycles. The topological polar surface area (TPSA) is 169 Å². The third-order valence-electron chi connectivity index (χ3n) is 1.57. The Balaban J connectivity index is 4.02. The number of aliphatic hydroxyl groups is 2. The molecule has 0 amide bonds. The number of Topliss-reactive ketones (excluding diaryl/α,β-unsaturated/α-hetero) is 2. The monoisotopic (exact) mass is 266 g/mol. The van der Waals surface area contributed by atoms with Crippen molar-refractivity contribution in [2.45, 2.75) is 12.6 Å². The van der Waals surface area contributed by atoms with Gasteiger partial charge < -0.3 is 21.7 Å². The molecule has 0 radical (unpaired) electrons. The molecular weight excluding hydrogens is 248 g/mol. The van der Waals surface area contributed by atoms with Crippen LogP contribution in [0.4, 0.5) is 0 Å². The number of hydrogen-bond acceptors (Lipinski definition) is 10. The van der Waals surface area contributed by atoms with Crippen LogP contribution in [-0.4, -0.2) is 60.5 Å². The minimum absolute atomic E-state index is 0.176. The van der Waals surface area contributed by atoms with Crippen LogP contribution in [0.15, 0.2) is 0 Å². The molecule has 0 rings (SSSR count). The van der Waals surface area contributed by atoms with Gasteiger partial charge in [-0.05, 0) is 0 Å². The lowest BCUT2D eigenvalue weighted by molar-refractivity contribution is -0.191. The summed E-state index contributed by atoms with van der Waals surface area (Å²) in [7, 11) is 0. The van der Waals surface area contributed by atoms with Crippen LogP contribution in [0.1, 0.15) is 0 Å². The Morgan fingerprint density at radius 3 is 1.56 bits per heavy atom. The highest BCUT2D eigenvalue weighted by atomic mass is 16.7. The Bertz CT molecular complexity index is 238. The van der Waals surface area contributed by atoms with Crippen molar-refractivity contribution in [3.05, 3.63) is 0 Å². The molecule has 0 spiro atoms. The molecule has 2 atom stereocenters. The van der Waals surface area contributed by atoms with Gasteiger partial charge in [0.2, 0.25) is 12.6 Å². The molecule has 0 aliphatic carbocycles. The molecule has 10 nitrogen and oxygen atoms in total. The van der Waals surface area contributed by atoms with E-state index < -0.39 is 24.1 Å². The van der Waals surface area contributed by atoms with Gasteiger partial charge in [0.05, 0.1) is 0 Å². The number of rotatable bonds is 11. The molecule has 0 heterocycles. The van der Waals surface area contributed by atoms with Gasteiger partial charge in [0, 0.05) is 26.2 Å². The third kappa shape index (κ3) is 6.68. The molecule has 0 aromatic rings. The lowest BCUT2D eigenvalue weighted by atomic mass is 10.2. The van der Waals surface area contributed by atoms with Crippen molar-refractivity contribution in [3.63, 3.8) is 0 Å². The number of aliphatic hydroxyl groups excluding tert-OH is 2. The summed E-state index contributed by atoms with van der Waals surface area (Å²) in [6.07, 6.45) is -4.09. The number of carbonyl (C=O) groups is 2. The van der Waals surface area contributed by atoms with E-state index in [9.17, 15) is 9.59 Å². The molecule has 0 saturated heterocycles. The number of hydroxylamine groups is 2. The summed E-state index contributed by atoms with van der Waals surface area (Å²) in [5.74, 6) is -2.72. The minimum Gasteiger partial charge on any atom is -0.360 e. The van der Waals surface area contributed by atoms with Crippen molar-refractivity contribution < 1.29 is 29.5 Å². The first-order valence-electron chi connectivity index (χ1n) is 5.16. The fraction of sp³-hybridized carbons (Fsp3) is 0.750. The maximum absolute atomic E-state index is 11.2. The standard InChI is InChI=1S/C8H18N4O6/c9-1-3-11-17-7(15)5(13)6(14)8(16)18-12-4-2-10/h7-8,11-12,15-16H,1-4,9-10H2. The van der Waals surface area contributed by atoms with Crippen LogP contribution in [-0.2, 0) is 19.3 Å². The van der Waals surface area contributed by atoms with E-state index in [2.05, 4.69) is 20.6 Å². The number of hydrogen-bond donors (Lipinski definition) is 6. The lowest BCUT2D eigenvalue weighted by Crippen LogP contribution is -2.43. The van der Waals surface area contributed by atoms with Gasteiger partial charge in [-0.25, -0.2) is 0 Å². The predicted molar refractivity (Wildman–Crippen MR) is 58.3 cm³/mol. The van der Waals surface area contributed by atoms with E-state index in [0.717, 1.165) is 0 Å². The molecule has 0 aromatic carbocycles. The van der Waals surface area contributed by atoms with E-state index in [0.29, 0.717) is 0 Å². The Morgan fingerprint density at radius 2 is 1.28 bits per heavy atom. The zero-order chi connectivity index (χ0) is 14.0. The summed E-state index contributed by atoms with van der Waals surface area (Å²) in [4.78, 5) is 31.2. The molecule has 0 aromatic heterocycles. The molecular formula is C8H18N4O6. The van der Waals surface area contributed by atoms with Crippen LogP contribution >= 0.6 is 0 Å². The molecule has 0 aliphatic rings. The summed E-state index contributed by atoms with van der Waals surface area (Å²) < 4.78 is 0. The summed E-state index contributed by atoms with van der Waals surface area (Å²) in [5, 5.41) is 18.3. The molecule has 18 heavy (non-hydrogen) atoms. The third-order valence-corrected chi connectivity index (χ3v) is 1.57. The predicted octanol–water partition coefficient (Wildman–Crippen LogP) is -4.28. The van der Waals surface area contributed by atoms with Gasteiger partial charge in [-0.2, -0.15) is 11.0 Å². The van der Waals surface area contributed by atoms with Gasteiger partial charge >= 0.3 is 0 Å². The fourth-order valence-electron chi connectivity index (χ4n) is 0.744. The van der Waals surface area contributed by atoms with Gasteiger partial charge in [-0.3, -0.25) is 19.3 Å². The number of nitrogens with one attached hydrogen (secondary N) is 2. The number of nitrogens with two attached hydrogens (primary N) is 2. The second kappa shape index (κ2) is 9.99. The first-order valence-corrected chi connectivity index (χ1v) is 5.16. The minimum atomic E-state index is -2.04. The van der Waals surface area contributed by atoms with Gasteiger partial charge in [-0.15, -0.1) is 0 Å². The number of carbonyl (C=O) groups excluding carboxylic acids is 2. The van der Waals surface area contributed by atoms with Crippen LogP contribution in [0.5, 0.6) is 0 Å². The van der Waals surface area contributed by atoms with E-state index in [1.165, 1.54) is 0 Å². The van der Waals surface area contributed by atoms with Crippen molar-refractivity contribution >= 4 is 11.6 Å². The SMILES string of the molecule is NCCNOC(O)C(=O)C(=O)C(O)ONCCN. The smallest absolute Gasteiger partial charge is 0.261 e. The Hall–Kier alpha value is -0.980. The molecule has 0 fully saturated rings. The second-order valence-corrected chi connectivity index (χ2v) is 3.03. The highest BCUT2D eigenvalue weighted by molar-refractivity contribution is 6.39. The average molecular weight is 266 g/mol. The van der Waals surface area contributed by atoms with E-state index >= 15 is 0 Å². The summed E-state index contributed by atoms with van der Waals surface area (Å²) in [6.45, 7) is 0.776. The van der Waals surface area contributed by atoms with E-state index in [4.69, 9.17) is 21.7 Å². The van der Waals surface area contributed by atoms with E-state index in [1.807, 2.05) is 0 Å². The van der Waals surface area contributed by atoms with Crippen LogP contribution in [0.3, 0.4) is 0 Å². The maximum atomic E-state index is 11.2. The van der Waals surface area contributed by atoms with Gasteiger partial charge in [0.15, 0.2) is 0 Å². The van der Waals surface area contributed by atoms with Crippen LogP contribution < -0.4 is 22.4 Å². The van der Waals surface area contributed by atoms with Crippen molar-refractivity contribution in [2.75, 3.05) is 26.2 Å². The first-order chi connectivity index (χ1) is 8.54. The highest BCUT2D eigenvalue weighted by Crippen LogP contribution is 1.94. The summed E-state index contributed by atoms with van der Waals surface area (Å²) in [5.41, 5.74) is 14.5. The van der Waals surface area contributed by atoms with Gasteiger partial charge in [0.25, 0.3) is 11.6 Å². The molecule has 2 unspecified atom stereocenters. The Labute approximate surface area is 103 Å². The Kier molecular flexibility index (Phi) is 9.45. The molecule has 0 bridgehead atoms. The zero-order valence-electron chi connectivity index (χ0n) is 9.67. The summed E-state index contributed by atoms with van der Waals surface area (Å²) in [6, 6.07) is 0. The van der Waals surface area contributed by atoms with Crippen molar-refractivity contribution in [1.29, 1.82) is 0 Å². The van der Waals surface area contributed by atoms with E-state index in [1.54, 1.807) is 0 Å². The van der Waals surface area contributed by atoms with Crippen LogP contribution in [0.25, 0.3) is 0 Å². The lowest BCUT2D eigenvalue weighted by Gasteiger charge is -2.13. The normalized spacial score (nSPS) is 14.2. The second-order valence-electron chi connectivity index (χ2n) is 3.03. The average Bonchev–Trinajstić information content (AvgIpc) is 2.37. The molecule has 10 heteroatoms. The van der Waals surface area contributed by atoms with Crippen LogP contribution in [0.2, 0.25) is 0 Å². The van der Waals surface area contributed by atoms with E-state index in [-0.39, 0.29) is 26.2 Å². The van der Waals surface area contributed by atoms with Crippen molar-refractivity contribution in [3.8, 4) is 0 Å². The molecule has 106 valence electrons. The van der Waals surface area contributed by atoms with Crippen LogP contribution in [0, 0.1) is 0 Å². The van der Waals surface area contributed by atoms with Crippen molar-refractivity contribution in [1.82, 2.24) is 11.0 Å².